The molecule has 1 N–H and O–H groups in total. The third kappa shape index (κ3) is 3.79. The summed E-state index contributed by atoms with van der Waals surface area (Å²) in [5.41, 5.74) is 1.42. The third-order valence-corrected chi connectivity index (χ3v) is 2.64. The van der Waals surface area contributed by atoms with E-state index in [1.165, 1.54) is 11.3 Å². The molecule has 0 saturated heterocycles. The molecule has 12 heavy (non-hydrogen) atoms. The van der Waals surface area contributed by atoms with Gasteiger partial charge in [0, 0.05) is 18.1 Å². The van der Waals surface area contributed by atoms with Gasteiger partial charge in [-0.2, -0.15) is 11.8 Å². The van der Waals surface area contributed by atoms with Crippen LogP contribution in [-0.4, -0.2) is 19.3 Å². The van der Waals surface area contributed by atoms with E-state index >= 15 is 0 Å². The molecule has 1 rings (SSSR count). The van der Waals surface area contributed by atoms with Gasteiger partial charge in [-0.25, -0.2) is 0 Å². The SMILES string of the molecule is CNCCSCc1ccccc1. The summed E-state index contributed by atoms with van der Waals surface area (Å²) in [6.45, 7) is 1.09. The highest BCUT2D eigenvalue weighted by atomic mass is 32.2. The van der Waals surface area contributed by atoms with Crippen LogP contribution in [0.4, 0.5) is 0 Å². The Hall–Kier alpha value is -0.470. The summed E-state index contributed by atoms with van der Waals surface area (Å²) < 4.78 is 0. The Morgan fingerprint density at radius 2 is 2.00 bits per heavy atom. The summed E-state index contributed by atoms with van der Waals surface area (Å²) >= 11 is 1.97. The molecule has 0 fully saturated rings. The Morgan fingerprint density at radius 3 is 2.67 bits per heavy atom. The molecular weight excluding hydrogens is 166 g/mol. The van der Waals surface area contributed by atoms with Crippen molar-refractivity contribution in [3.63, 3.8) is 0 Å². The second-order valence-corrected chi connectivity index (χ2v) is 3.75. The van der Waals surface area contributed by atoms with Crippen LogP contribution in [0, 0.1) is 0 Å². The zero-order chi connectivity index (χ0) is 8.65. The van der Waals surface area contributed by atoms with Gasteiger partial charge in [-0.05, 0) is 12.6 Å². The summed E-state index contributed by atoms with van der Waals surface area (Å²) in [4.78, 5) is 0. The van der Waals surface area contributed by atoms with Crippen LogP contribution in [0.2, 0.25) is 0 Å². The highest BCUT2D eigenvalue weighted by Crippen LogP contribution is 2.10. The van der Waals surface area contributed by atoms with E-state index in [0.717, 1.165) is 12.3 Å². The van der Waals surface area contributed by atoms with E-state index in [9.17, 15) is 0 Å². The van der Waals surface area contributed by atoms with Crippen LogP contribution in [0.1, 0.15) is 5.56 Å². The Morgan fingerprint density at radius 1 is 1.25 bits per heavy atom. The molecule has 66 valence electrons. The van der Waals surface area contributed by atoms with Gasteiger partial charge in [-0.1, -0.05) is 30.3 Å². The Kier molecular flexibility index (Phi) is 4.88. The zero-order valence-corrected chi connectivity index (χ0v) is 8.23. The van der Waals surface area contributed by atoms with E-state index in [1.807, 2.05) is 18.8 Å². The zero-order valence-electron chi connectivity index (χ0n) is 7.42. The van der Waals surface area contributed by atoms with Gasteiger partial charge >= 0.3 is 0 Å². The first-order valence-corrected chi connectivity index (χ1v) is 5.35. The predicted octanol–water partition coefficient (Wildman–Crippen LogP) is 2.14. The molecule has 0 saturated carbocycles. The minimum Gasteiger partial charge on any atom is -0.319 e. The second kappa shape index (κ2) is 6.09. The fraction of sp³-hybridized carbons (Fsp3) is 0.400. The standard InChI is InChI=1S/C10H15NS/c1-11-7-8-12-9-10-5-3-2-4-6-10/h2-6,11H,7-9H2,1H3. The normalized spacial score (nSPS) is 10.1. The van der Waals surface area contributed by atoms with Crippen LogP contribution in [0.25, 0.3) is 0 Å². The first-order chi connectivity index (χ1) is 5.93. The topological polar surface area (TPSA) is 12.0 Å². The maximum Gasteiger partial charge on any atom is 0.0185 e. The van der Waals surface area contributed by atoms with E-state index in [-0.39, 0.29) is 0 Å². The molecule has 0 spiro atoms. The Bertz CT molecular complexity index is 198. The lowest BCUT2D eigenvalue weighted by Gasteiger charge is -2.00. The fourth-order valence-electron chi connectivity index (χ4n) is 0.938. The van der Waals surface area contributed by atoms with E-state index < -0.39 is 0 Å². The summed E-state index contributed by atoms with van der Waals surface area (Å²) in [7, 11) is 1.99. The lowest BCUT2D eigenvalue weighted by atomic mass is 10.2. The molecule has 0 heterocycles. The van der Waals surface area contributed by atoms with Crippen molar-refractivity contribution < 1.29 is 0 Å². The van der Waals surface area contributed by atoms with Crippen molar-refractivity contribution in [3.05, 3.63) is 35.9 Å². The van der Waals surface area contributed by atoms with Crippen LogP contribution >= 0.6 is 11.8 Å². The smallest absolute Gasteiger partial charge is 0.0185 e. The highest BCUT2D eigenvalue weighted by molar-refractivity contribution is 7.98. The molecule has 2 heteroatoms. The van der Waals surface area contributed by atoms with Crippen LogP contribution in [0.15, 0.2) is 30.3 Å². The summed E-state index contributed by atoms with van der Waals surface area (Å²) in [5, 5.41) is 3.13. The van der Waals surface area contributed by atoms with Gasteiger partial charge in [0.15, 0.2) is 0 Å². The molecule has 0 amide bonds. The maximum absolute atomic E-state index is 3.13. The average molecular weight is 181 g/mol. The third-order valence-electron chi connectivity index (χ3n) is 1.61. The van der Waals surface area contributed by atoms with Crippen molar-refractivity contribution >= 4 is 11.8 Å². The molecule has 1 aromatic carbocycles. The lowest BCUT2D eigenvalue weighted by Crippen LogP contribution is -2.09. The molecule has 0 radical (unpaired) electrons. The number of thioether (sulfide) groups is 1. The van der Waals surface area contributed by atoms with Crippen LogP contribution in [0.5, 0.6) is 0 Å². The molecule has 0 bridgehead atoms. The first kappa shape index (κ1) is 9.62. The predicted molar refractivity (Wildman–Crippen MR) is 56.5 cm³/mol. The van der Waals surface area contributed by atoms with Crippen LogP contribution in [-0.2, 0) is 5.75 Å². The summed E-state index contributed by atoms with van der Waals surface area (Å²) in [6, 6.07) is 10.6. The number of hydrogen-bond acceptors (Lipinski definition) is 2. The molecule has 1 nitrogen and oxygen atoms in total. The molecule has 0 aliphatic rings. The first-order valence-electron chi connectivity index (χ1n) is 4.20. The van der Waals surface area contributed by atoms with Gasteiger partial charge in [0.05, 0.1) is 0 Å². The molecule has 0 aliphatic heterocycles. The van der Waals surface area contributed by atoms with Crippen LogP contribution < -0.4 is 5.32 Å². The summed E-state index contributed by atoms with van der Waals surface area (Å²) in [6.07, 6.45) is 0. The van der Waals surface area contributed by atoms with Gasteiger partial charge in [0.2, 0.25) is 0 Å². The van der Waals surface area contributed by atoms with Gasteiger partial charge in [0.1, 0.15) is 0 Å². The number of benzene rings is 1. The maximum atomic E-state index is 3.13. The van der Waals surface area contributed by atoms with E-state index in [1.54, 1.807) is 0 Å². The van der Waals surface area contributed by atoms with Gasteiger partial charge in [-0.3, -0.25) is 0 Å². The molecule has 1 aromatic rings. The van der Waals surface area contributed by atoms with Gasteiger partial charge < -0.3 is 5.32 Å². The number of nitrogens with one attached hydrogen (secondary N) is 1. The van der Waals surface area contributed by atoms with E-state index in [4.69, 9.17) is 0 Å². The fourth-order valence-corrected chi connectivity index (χ4v) is 1.86. The van der Waals surface area contributed by atoms with E-state index in [2.05, 4.69) is 35.6 Å². The van der Waals surface area contributed by atoms with Gasteiger partial charge in [0.25, 0.3) is 0 Å². The van der Waals surface area contributed by atoms with E-state index in [0.29, 0.717) is 0 Å². The van der Waals surface area contributed by atoms with Crippen molar-refractivity contribution in [1.29, 1.82) is 0 Å². The van der Waals surface area contributed by atoms with Crippen molar-refractivity contribution in [2.75, 3.05) is 19.3 Å². The van der Waals surface area contributed by atoms with Gasteiger partial charge in [-0.15, -0.1) is 0 Å². The monoisotopic (exact) mass is 181 g/mol. The minimum absolute atomic E-state index is 1.09. The Labute approximate surface area is 78.6 Å². The number of rotatable bonds is 5. The largest absolute Gasteiger partial charge is 0.319 e. The lowest BCUT2D eigenvalue weighted by molar-refractivity contribution is 0.872. The molecule has 0 aromatic heterocycles. The van der Waals surface area contributed by atoms with Crippen molar-refractivity contribution in [3.8, 4) is 0 Å². The molecule has 0 aliphatic carbocycles. The highest BCUT2D eigenvalue weighted by Gasteiger charge is 1.90. The van der Waals surface area contributed by atoms with Crippen molar-refractivity contribution in [2.45, 2.75) is 5.75 Å². The summed E-state index contributed by atoms with van der Waals surface area (Å²) in [5.74, 6) is 2.31. The van der Waals surface area contributed by atoms with Crippen molar-refractivity contribution in [1.82, 2.24) is 5.32 Å². The van der Waals surface area contributed by atoms with Crippen molar-refractivity contribution in [2.24, 2.45) is 0 Å². The number of hydrogen-bond donors (Lipinski definition) is 1. The Balaban J connectivity index is 2.16. The molecule has 0 atom stereocenters. The van der Waals surface area contributed by atoms with Crippen LogP contribution in [0.3, 0.4) is 0 Å². The second-order valence-electron chi connectivity index (χ2n) is 2.64. The molecular formula is C10H15NS. The quantitative estimate of drug-likeness (QED) is 0.698. The molecule has 0 unspecified atom stereocenters. The minimum atomic E-state index is 1.09. The average Bonchev–Trinajstić information content (AvgIpc) is 2.14.